The molecule has 0 saturated heterocycles. The molecule has 3 aromatic heterocycles. The number of aromatic nitrogens is 1. The van der Waals surface area contributed by atoms with E-state index in [1.165, 1.54) is 5.56 Å². The maximum atomic E-state index is 6.17. The highest BCUT2D eigenvalue weighted by Gasteiger charge is 2.14. The van der Waals surface area contributed by atoms with Gasteiger partial charge in [0.15, 0.2) is 0 Å². The van der Waals surface area contributed by atoms with Crippen LogP contribution in [0.3, 0.4) is 0 Å². The lowest BCUT2D eigenvalue weighted by atomic mass is 10.1. The molecule has 0 saturated carbocycles. The van der Waals surface area contributed by atoms with Crippen molar-refractivity contribution in [1.29, 1.82) is 0 Å². The number of benzene rings is 3. The van der Waals surface area contributed by atoms with Crippen molar-refractivity contribution in [2.24, 2.45) is 0 Å². The number of hydrogen-bond donors (Lipinski definition) is 0. The summed E-state index contributed by atoms with van der Waals surface area (Å²) in [6.45, 7) is 2.08. The second-order valence-corrected chi connectivity index (χ2v) is 7.36. The fraction of sp³-hybridized carbons (Fsp3) is 0.0385. The Morgan fingerprint density at radius 1 is 0.724 bits per heavy atom. The molecule has 0 radical (unpaired) electrons. The Hall–Kier alpha value is -3.85. The molecule has 3 nitrogen and oxygen atoms in total. The zero-order valence-electron chi connectivity index (χ0n) is 15.8. The predicted octanol–water partition coefficient (Wildman–Crippen LogP) is 7.37. The molecular formula is C26H17NO2. The monoisotopic (exact) mass is 375 g/mol. The number of fused-ring (bicyclic) bond motifs is 4. The summed E-state index contributed by atoms with van der Waals surface area (Å²) >= 11 is 0. The highest BCUT2D eigenvalue weighted by atomic mass is 16.3. The van der Waals surface area contributed by atoms with E-state index in [2.05, 4.69) is 43.3 Å². The van der Waals surface area contributed by atoms with Gasteiger partial charge in [0, 0.05) is 39.5 Å². The first-order valence-corrected chi connectivity index (χ1v) is 9.63. The highest BCUT2D eigenvalue weighted by Crippen LogP contribution is 2.36. The SMILES string of the molecule is Cc1ccc(-c2cc3cnc(-c4cccc5c4oc4ccccc45)cc3o2)cc1. The fourth-order valence-electron chi connectivity index (χ4n) is 3.89. The van der Waals surface area contributed by atoms with Crippen molar-refractivity contribution in [3.8, 4) is 22.6 Å². The number of pyridine rings is 1. The van der Waals surface area contributed by atoms with Crippen molar-refractivity contribution in [3.05, 3.63) is 90.6 Å². The summed E-state index contributed by atoms with van der Waals surface area (Å²) < 4.78 is 12.3. The van der Waals surface area contributed by atoms with E-state index in [1.807, 2.05) is 48.7 Å². The number of furan rings is 2. The molecule has 0 aliphatic carbocycles. The van der Waals surface area contributed by atoms with Crippen LogP contribution in [0.15, 0.2) is 93.9 Å². The first-order chi connectivity index (χ1) is 14.3. The Morgan fingerprint density at radius 2 is 1.55 bits per heavy atom. The molecule has 0 amide bonds. The van der Waals surface area contributed by atoms with Gasteiger partial charge >= 0.3 is 0 Å². The molecule has 0 bridgehead atoms. The van der Waals surface area contributed by atoms with Gasteiger partial charge in [-0.1, -0.05) is 60.2 Å². The van der Waals surface area contributed by atoms with Crippen LogP contribution < -0.4 is 0 Å². The van der Waals surface area contributed by atoms with Crippen LogP contribution in [0.5, 0.6) is 0 Å². The van der Waals surface area contributed by atoms with E-state index in [0.717, 1.165) is 55.5 Å². The molecule has 0 aliphatic rings. The van der Waals surface area contributed by atoms with Gasteiger partial charge in [-0.25, -0.2) is 0 Å². The number of rotatable bonds is 2. The van der Waals surface area contributed by atoms with E-state index in [4.69, 9.17) is 13.8 Å². The first-order valence-electron chi connectivity index (χ1n) is 9.63. The second-order valence-electron chi connectivity index (χ2n) is 7.36. The molecule has 138 valence electrons. The van der Waals surface area contributed by atoms with Crippen molar-refractivity contribution >= 4 is 32.9 Å². The molecule has 0 N–H and O–H groups in total. The molecule has 3 aromatic carbocycles. The molecule has 6 aromatic rings. The number of para-hydroxylation sites is 2. The van der Waals surface area contributed by atoms with E-state index in [-0.39, 0.29) is 0 Å². The third kappa shape index (κ3) is 2.55. The van der Waals surface area contributed by atoms with Crippen LogP contribution in [0.25, 0.3) is 55.5 Å². The predicted molar refractivity (Wildman–Crippen MR) is 117 cm³/mol. The Balaban J connectivity index is 1.52. The van der Waals surface area contributed by atoms with E-state index < -0.39 is 0 Å². The Kier molecular flexibility index (Phi) is 3.38. The minimum Gasteiger partial charge on any atom is -0.456 e. The van der Waals surface area contributed by atoms with E-state index >= 15 is 0 Å². The summed E-state index contributed by atoms with van der Waals surface area (Å²) in [5.41, 5.74) is 6.65. The quantitative estimate of drug-likeness (QED) is 0.317. The summed E-state index contributed by atoms with van der Waals surface area (Å²) in [6, 6.07) is 26.7. The zero-order valence-corrected chi connectivity index (χ0v) is 15.8. The van der Waals surface area contributed by atoms with Crippen LogP contribution in [-0.4, -0.2) is 4.98 Å². The van der Waals surface area contributed by atoms with Gasteiger partial charge < -0.3 is 8.83 Å². The van der Waals surface area contributed by atoms with Crippen molar-refractivity contribution < 1.29 is 8.83 Å². The average Bonchev–Trinajstić information content (AvgIpc) is 3.35. The third-order valence-corrected chi connectivity index (χ3v) is 5.42. The summed E-state index contributed by atoms with van der Waals surface area (Å²) in [5.74, 6) is 0.848. The molecule has 3 heteroatoms. The van der Waals surface area contributed by atoms with Gasteiger partial charge in [0.1, 0.15) is 22.5 Å². The van der Waals surface area contributed by atoms with Gasteiger partial charge in [-0.3, -0.25) is 4.98 Å². The van der Waals surface area contributed by atoms with Crippen molar-refractivity contribution in [2.75, 3.05) is 0 Å². The van der Waals surface area contributed by atoms with Crippen LogP contribution >= 0.6 is 0 Å². The van der Waals surface area contributed by atoms with Gasteiger partial charge in [0.05, 0.1) is 5.69 Å². The molecule has 0 aliphatic heterocycles. The third-order valence-electron chi connectivity index (χ3n) is 5.42. The van der Waals surface area contributed by atoms with E-state index in [1.54, 1.807) is 0 Å². The summed E-state index contributed by atoms with van der Waals surface area (Å²) in [4.78, 5) is 4.70. The van der Waals surface area contributed by atoms with Crippen LogP contribution in [0.1, 0.15) is 5.56 Å². The lowest BCUT2D eigenvalue weighted by Gasteiger charge is -2.01. The maximum absolute atomic E-state index is 6.17. The smallest absolute Gasteiger partial charge is 0.144 e. The van der Waals surface area contributed by atoms with Gasteiger partial charge in [0.25, 0.3) is 0 Å². The van der Waals surface area contributed by atoms with Gasteiger partial charge in [-0.2, -0.15) is 0 Å². The molecule has 6 rings (SSSR count). The minimum absolute atomic E-state index is 0.818. The van der Waals surface area contributed by atoms with Crippen LogP contribution in [0.2, 0.25) is 0 Å². The van der Waals surface area contributed by atoms with Crippen molar-refractivity contribution in [3.63, 3.8) is 0 Å². The number of hydrogen-bond acceptors (Lipinski definition) is 3. The van der Waals surface area contributed by atoms with Crippen LogP contribution in [-0.2, 0) is 0 Å². The van der Waals surface area contributed by atoms with Crippen molar-refractivity contribution in [2.45, 2.75) is 6.92 Å². The zero-order chi connectivity index (χ0) is 19.4. The molecule has 0 atom stereocenters. The van der Waals surface area contributed by atoms with Gasteiger partial charge in [0.2, 0.25) is 0 Å². The molecule has 0 unspecified atom stereocenters. The lowest BCUT2D eigenvalue weighted by molar-refractivity contribution is 0.631. The summed E-state index contributed by atoms with van der Waals surface area (Å²) in [5, 5.41) is 3.20. The van der Waals surface area contributed by atoms with E-state index in [0.29, 0.717) is 0 Å². The average molecular weight is 375 g/mol. The van der Waals surface area contributed by atoms with Crippen molar-refractivity contribution in [1.82, 2.24) is 4.98 Å². The molecule has 29 heavy (non-hydrogen) atoms. The minimum atomic E-state index is 0.818. The largest absolute Gasteiger partial charge is 0.456 e. The normalized spacial score (nSPS) is 11.6. The number of aryl methyl sites for hydroxylation is 1. The summed E-state index contributed by atoms with van der Waals surface area (Å²) in [7, 11) is 0. The fourth-order valence-corrected chi connectivity index (χ4v) is 3.89. The topological polar surface area (TPSA) is 39.2 Å². The highest BCUT2D eigenvalue weighted by molar-refractivity contribution is 6.09. The van der Waals surface area contributed by atoms with Crippen LogP contribution in [0, 0.1) is 6.92 Å². The maximum Gasteiger partial charge on any atom is 0.144 e. The first kappa shape index (κ1) is 16.1. The Bertz CT molecular complexity index is 1500. The van der Waals surface area contributed by atoms with E-state index in [9.17, 15) is 0 Å². The molecule has 0 fully saturated rings. The van der Waals surface area contributed by atoms with Gasteiger partial charge in [-0.05, 0) is 25.1 Å². The number of nitrogens with zero attached hydrogens (tertiary/aromatic N) is 1. The van der Waals surface area contributed by atoms with Crippen LogP contribution in [0.4, 0.5) is 0 Å². The molecule has 0 spiro atoms. The molecular weight excluding hydrogens is 358 g/mol. The Labute approximate surface area is 167 Å². The lowest BCUT2D eigenvalue weighted by Crippen LogP contribution is -1.83. The van der Waals surface area contributed by atoms with Gasteiger partial charge in [-0.15, -0.1) is 0 Å². The summed E-state index contributed by atoms with van der Waals surface area (Å²) in [6.07, 6.45) is 1.87. The Morgan fingerprint density at radius 3 is 2.45 bits per heavy atom. The second kappa shape index (κ2) is 6.08. The standard InChI is InChI=1S/C26H17NO2/c1-16-9-11-17(12-10-16)24-13-18-15-27-22(14-25(18)28-24)21-7-4-6-20-19-5-2-3-8-23(19)29-26(20)21/h2-15H,1H3. The molecule has 3 heterocycles.